The molecule has 1 atom stereocenters. The SMILES string of the molecule is CC(C)OCC(O)CN(Cc1ccccc1)Cc1ccc2c(c1)OCO2. The minimum absolute atomic E-state index is 0.112. The molecule has 140 valence electrons. The number of rotatable bonds is 9. The molecule has 0 radical (unpaired) electrons. The highest BCUT2D eigenvalue weighted by molar-refractivity contribution is 5.44. The number of hydrogen-bond donors (Lipinski definition) is 1. The zero-order valence-electron chi connectivity index (χ0n) is 15.4. The number of nitrogens with zero attached hydrogens (tertiary/aromatic N) is 1. The molecule has 0 fully saturated rings. The first kappa shape index (κ1) is 18.7. The van der Waals surface area contributed by atoms with Crippen molar-refractivity contribution in [2.75, 3.05) is 19.9 Å². The summed E-state index contributed by atoms with van der Waals surface area (Å²) in [5.74, 6) is 1.57. The third-order valence-corrected chi connectivity index (χ3v) is 4.18. The number of ether oxygens (including phenoxy) is 3. The van der Waals surface area contributed by atoms with Gasteiger partial charge in [0.2, 0.25) is 6.79 Å². The molecular formula is C21H27NO4. The van der Waals surface area contributed by atoms with Crippen LogP contribution in [0.3, 0.4) is 0 Å². The first-order valence-corrected chi connectivity index (χ1v) is 9.04. The van der Waals surface area contributed by atoms with Gasteiger partial charge in [0.05, 0.1) is 18.8 Å². The molecule has 26 heavy (non-hydrogen) atoms. The Bertz CT molecular complexity index is 690. The van der Waals surface area contributed by atoms with E-state index in [2.05, 4.69) is 17.0 Å². The molecule has 0 bridgehead atoms. The standard InChI is InChI=1S/C21H27NO4/c1-16(2)24-14-19(23)13-22(11-17-6-4-3-5-7-17)12-18-8-9-20-21(10-18)26-15-25-20/h3-10,16,19,23H,11-15H2,1-2H3. The normalized spacial score (nSPS) is 14.2. The van der Waals surface area contributed by atoms with Gasteiger partial charge >= 0.3 is 0 Å². The van der Waals surface area contributed by atoms with Crippen molar-refractivity contribution in [1.82, 2.24) is 4.90 Å². The molecule has 5 heteroatoms. The van der Waals surface area contributed by atoms with Gasteiger partial charge < -0.3 is 19.3 Å². The van der Waals surface area contributed by atoms with Crippen molar-refractivity contribution in [2.24, 2.45) is 0 Å². The summed E-state index contributed by atoms with van der Waals surface area (Å²) in [6.07, 6.45) is -0.420. The predicted octanol–water partition coefficient (Wildman–Crippen LogP) is 3.20. The van der Waals surface area contributed by atoms with Crippen LogP contribution < -0.4 is 9.47 Å². The van der Waals surface area contributed by atoms with Crippen LogP contribution in [0.2, 0.25) is 0 Å². The highest BCUT2D eigenvalue weighted by atomic mass is 16.7. The Balaban J connectivity index is 1.67. The minimum atomic E-state index is -0.532. The van der Waals surface area contributed by atoms with Crippen LogP contribution in [-0.4, -0.2) is 42.2 Å². The Morgan fingerprint density at radius 3 is 2.50 bits per heavy atom. The first-order valence-electron chi connectivity index (χ1n) is 9.04. The highest BCUT2D eigenvalue weighted by Crippen LogP contribution is 2.32. The lowest BCUT2D eigenvalue weighted by molar-refractivity contribution is -0.0106. The first-order chi connectivity index (χ1) is 12.6. The number of aliphatic hydroxyl groups excluding tert-OH is 1. The zero-order chi connectivity index (χ0) is 18.4. The van der Waals surface area contributed by atoms with Crippen LogP contribution >= 0.6 is 0 Å². The van der Waals surface area contributed by atoms with Crippen molar-refractivity contribution in [3.63, 3.8) is 0 Å². The lowest BCUT2D eigenvalue weighted by Gasteiger charge is -2.26. The van der Waals surface area contributed by atoms with Crippen LogP contribution in [-0.2, 0) is 17.8 Å². The van der Waals surface area contributed by atoms with Crippen molar-refractivity contribution in [1.29, 1.82) is 0 Å². The van der Waals surface area contributed by atoms with Crippen molar-refractivity contribution >= 4 is 0 Å². The molecule has 3 rings (SSSR count). The second-order valence-electron chi connectivity index (χ2n) is 6.88. The Morgan fingerprint density at radius 1 is 1.00 bits per heavy atom. The fourth-order valence-corrected chi connectivity index (χ4v) is 2.98. The summed E-state index contributed by atoms with van der Waals surface area (Å²) in [4.78, 5) is 2.22. The third-order valence-electron chi connectivity index (χ3n) is 4.18. The third kappa shape index (κ3) is 5.46. The Kier molecular flexibility index (Phi) is 6.50. The van der Waals surface area contributed by atoms with Crippen LogP contribution in [0.4, 0.5) is 0 Å². The van der Waals surface area contributed by atoms with E-state index >= 15 is 0 Å². The highest BCUT2D eigenvalue weighted by Gasteiger charge is 2.17. The average molecular weight is 357 g/mol. The van der Waals surface area contributed by atoms with Crippen LogP contribution in [0.1, 0.15) is 25.0 Å². The van der Waals surface area contributed by atoms with E-state index in [1.807, 2.05) is 50.2 Å². The molecule has 0 aromatic heterocycles. The quantitative estimate of drug-likeness (QED) is 0.747. The van der Waals surface area contributed by atoms with Gasteiger partial charge in [-0.25, -0.2) is 0 Å². The molecule has 1 heterocycles. The van der Waals surface area contributed by atoms with Gasteiger partial charge in [0.15, 0.2) is 11.5 Å². The van der Waals surface area contributed by atoms with Crippen LogP contribution in [0.15, 0.2) is 48.5 Å². The molecular weight excluding hydrogens is 330 g/mol. The summed E-state index contributed by atoms with van der Waals surface area (Å²) < 4.78 is 16.4. The smallest absolute Gasteiger partial charge is 0.231 e. The molecule has 1 aliphatic rings. The molecule has 0 saturated heterocycles. The number of fused-ring (bicyclic) bond motifs is 1. The van der Waals surface area contributed by atoms with Gasteiger partial charge in [-0.3, -0.25) is 4.90 Å². The van der Waals surface area contributed by atoms with Crippen LogP contribution in [0.5, 0.6) is 11.5 Å². The summed E-state index contributed by atoms with van der Waals surface area (Å²) in [6, 6.07) is 16.3. The molecule has 0 aliphatic carbocycles. The minimum Gasteiger partial charge on any atom is -0.454 e. The average Bonchev–Trinajstić information content (AvgIpc) is 3.08. The van der Waals surface area contributed by atoms with Crippen molar-refractivity contribution in [3.8, 4) is 11.5 Å². The molecule has 0 saturated carbocycles. The second kappa shape index (κ2) is 9.03. The van der Waals surface area contributed by atoms with Gasteiger partial charge in [-0.05, 0) is 37.1 Å². The second-order valence-corrected chi connectivity index (χ2v) is 6.88. The van der Waals surface area contributed by atoms with Gasteiger partial charge in [-0.2, -0.15) is 0 Å². The van der Waals surface area contributed by atoms with E-state index in [0.717, 1.165) is 23.6 Å². The molecule has 0 spiro atoms. The number of benzene rings is 2. The fraction of sp³-hybridized carbons (Fsp3) is 0.429. The van der Waals surface area contributed by atoms with Crippen LogP contribution in [0.25, 0.3) is 0 Å². The van der Waals surface area contributed by atoms with E-state index in [1.54, 1.807) is 0 Å². The number of aliphatic hydroxyl groups is 1. The van der Waals surface area contributed by atoms with E-state index in [-0.39, 0.29) is 12.9 Å². The van der Waals surface area contributed by atoms with E-state index in [0.29, 0.717) is 19.7 Å². The maximum atomic E-state index is 10.4. The number of hydrogen-bond acceptors (Lipinski definition) is 5. The molecule has 1 unspecified atom stereocenters. The molecule has 0 amide bonds. The van der Waals surface area contributed by atoms with E-state index < -0.39 is 6.10 Å². The van der Waals surface area contributed by atoms with Crippen molar-refractivity contribution in [3.05, 3.63) is 59.7 Å². The van der Waals surface area contributed by atoms with Gasteiger partial charge in [0.1, 0.15) is 0 Å². The van der Waals surface area contributed by atoms with Crippen LogP contribution in [0, 0.1) is 0 Å². The lowest BCUT2D eigenvalue weighted by Crippen LogP contribution is -2.34. The topological polar surface area (TPSA) is 51.2 Å². The fourth-order valence-electron chi connectivity index (χ4n) is 2.98. The summed E-state index contributed by atoms with van der Waals surface area (Å²) in [6.45, 7) is 6.57. The zero-order valence-corrected chi connectivity index (χ0v) is 15.4. The molecule has 2 aromatic carbocycles. The van der Waals surface area contributed by atoms with Gasteiger partial charge in [-0.1, -0.05) is 36.4 Å². The molecule has 1 aliphatic heterocycles. The summed E-state index contributed by atoms with van der Waals surface area (Å²) in [5, 5.41) is 10.4. The maximum Gasteiger partial charge on any atom is 0.231 e. The predicted molar refractivity (Wildman–Crippen MR) is 100 cm³/mol. The van der Waals surface area contributed by atoms with Gasteiger partial charge in [0.25, 0.3) is 0 Å². The van der Waals surface area contributed by atoms with E-state index in [4.69, 9.17) is 14.2 Å². The lowest BCUT2D eigenvalue weighted by atomic mass is 10.1. The summed E-state index contributed by atoms with van der Waals surface area (Å²) >= 11 is 0. The molecule has 5 nitrogen and oxygen atoms in total. The Labute approximate surface area is 155 Å². The van der Waals surface area contributed by atoms with Crippen molar-refractivity contribution < 1.29 is 19.3 Å². The Hall–Kier alpha value is -2.08. The summed E-state index contributed by atoms with van der Waals surface area (Å²) in [7, 11) is 0. The molecule has 1 N–H and O–H groups in total. The van der Waals surface area contributed by atoms with Gasteiger partial charge in [0, 0.05) is 19.6 Å². The Morgan fingerprint density at radius 2 is 1.73 bits per heavy atom. The van der Waals surface area contributed by atoms with Gasteiger partial charge in [-0.15, -0.1) is 0 Å². The monoisotopic (exact) mass is 357 g/mol. The van der Waals surface area contributed by atoms with E-state index in [9.17, 15) is 5.11 Å². The summed E-state index contributed by atoms with van der Waals surface area (Å²) in [5.41, 5.74) is 2.34. The molecule has 2 aromatic rings. The maximum absolute atomic E-state index is 10.4. The van der Waals surface area contributed by atoms with Crippen molar-refractivity contribution in [2.45, 2.75) is 39.1 Å². The largest absolute Gasteiger partial charge is 0.454 e. The van der Waals surface area contributed by atoms with E-state index in [1.165, 1.54) is 5.56 Å².